The zero-order valence-corrected chi connectivity index (χ0v) is 13.8. The van der Waals surface area contributed by atoms with E-state index in [2.05, 4.69) is 49.8 Å². The average Bonchev–Trinajstić information content (AvgIpc) is 2.13. The third-order valence-corrected chi connectivity index (χ3v) is 4.03. The Hall–Kier alpha value is 0.127. The maximum atomic E-state index is 11.7. The molecule has 96 valence electrons. The molecule has 0 aromatic carbocycles. The van der Waals surface area contributed by atoms with Gasteiger partial charge >= 0.3 is 5.97 Å². The third-order valence-electron chi connectivity index (χ3n) is 2.50. The molecular formula is C11H23BrO3Si. The van der Waals surface area contributed by atoms with E-state index in [1.807, 2.05) is 0 Å². The summed E-state index contributed by atoms with van der Waals surface area (Å²) in [5, 5.41) is 0.734. The van der Waals surface area contributed by atoms with Gasteiger partial charge in [0.2, 0.25) is 0 Å². The molecule has 0 fully saturated rings. The number of hydrogen-bond donors (Lipinski definition) is 0. The van der Waals surface area contributed by atoms with Crippen molar-refractivity contribution in [2.75, 3.05) is 12.4 Å². The molecule has 16 heavy (non-hydrogen) atoms. The number of halogens is 1. The Morgan fingerprint density at radius 2 is 1.88 bits per heavy atom. The highest BCUT2D eigenvalue weighted by Crippen LogP contribution is 2.32. The molecular weight excluding hydrogens is 288 g/mol. The first kappa shape index (κ1) is 16.1. The van der Waals surface area contributed by atoms with Gasteiger partial charge in [0, 0.05) is 11.2 Å². The number of alkyl halides is 1. The molecule has 0 radical (unpaired) electrons. The van der Waals surface area contributed by atoms with Crippen LogP contribution >= 0.6 is 15.9 Å². The quantitative estimate of drug-likeness (QED) is 0.445. The molecule has 2 atom stereocenters. The van der Waals surface area contributed by atoms with Gasteiger partial charge in [-0.15, -0.1) is 0 Å². The summed E-state index contributed by atoms with van der Waals surface area (Å²) < 4.78 is 10.6. The maximum absolute atomic E-state index is 11.7. The summed E-state index contributed by atoms with van der Waals surface area (Å²) in [5.41, 5.74) is 0.00560. The SMILES string of the molecule is COC(=O)[C@@H](O[SiH](C)C)C(CBr)C(C)(C)C. The minimum Gasteiger partial charge on any atom is -0.467 e. The van der Waals surface area contributed by atoms with E-state index in [1.54, 1.807) is 0 Å². The second kappa shape index (κ2) is 6.76. The summed E-state index contributed by atoms with van der Waals surface area (Å²) in [6, 6.07) is 0. The van der Waals surface area contributed by atoms with Crippen LogP contribution in [0.15, 0.2) is 0 Å². The molecule has 0 rings (SSSR count). The Morgan fingerprint density at radius 1 is 1.38 bits per heavy atom. The van der Waals surface area contributed by atoms with Crippen molar-refractivity contribution in [3.63, 3.8) is 0 Å². The van der Waals surface area contributed by atoms with E-state index in [-0.39, 0.29) is 17.3 Å². The van der Waals surface area contributed by atoms with Gasteiger partial charge in [-0.25, -0.2) is 4.79 Å². The molecule has 0 amide bonds. The van der Waals surface area contributed by atoms with E-state index < -0.39 is 15.1 Å². The molecule has 0 aromatic rings. The Morgan fingerprint density at radius 3 is 2.12 bits per heavy atom. The summed E-state index contributed by atoms with van der Waals surface area (Å²) >= 11 is 3.47. The minimum absolute atomic E-state index is 0.00560. The van der Waals surface area contributed by atoms with Crippen LogP contribution in [0.1, 0.15) is 20.8 Å². The van der Waals surface area contributed by atoms with Gasteiger partial charge in [-0.3, -0.25) is 0 Å². The molecule has 0 bridgehead atoms. The van der Waals surface area contributed by atoms with Crippen LogP contribution in [0.4, 0.5) is 0 Å². The van der Waals surface area contributed by atoms with Gasteiger partial charge < -0.3 is 9.16 Å². The fourth-order valence-electron chi connectivity index (χ4n) is 1.49. The average molecular weight is 311 g/mol. The van der Waals surface area contributed by atoms with Crippen LogP contribution in [0.5, 0.6) is 0 Å². The monoisotopic (exact) mass is 310 g/mol. The van der Waals surface area contributed by atoms with E-state index in [4.69, 9.17) is 9.16 Å². The Kier molecular flexibility index (Phi) is 6.82. The van der Waals surface area contributed by atoms with Gasteiger partial charge in [-0.2, -0.15) is 0 Å². The van der Waals surface area contributed by atoms with Gasteiger partial charge in [0.1, 0.15) is 6.10 Å². The van der Waals surface area contributed by atoms with Crippen LogP contribution in [0.2, 0.25) is 13.1 Å². The maximum Gasteiger partial charge on any atom is 0.334 e. The van der Waals surface area contributed by atoms with Crippen LogP contribution in [0.3, 0.4) is 0 Å². The van der Waals surface area contributed by atoms with Gasteiger partial charge in [-0.1, -0.05) is 36.7 Å². The molecule has 0 saturated carbocycles. The highest BCUT2D eigenvalue weighted by molar-refractivity contribution is 9.09. The van der Waals surface area contributed by atoms with Crippen molar-refractivity contribution in [1.82, 2.24) is 0 Å². The summed E-state index contributed by atoms with van der Waals surface area (Å²) in [4.78, 5) is 11.7. The molecule has 0 aromatic heterocycles. The van der Waals surface area contributed by atoms with Gasteiger partial charge in [-0.05, 0) is 18.5 Å². The highest BCUT2D eigenvalue weighted by Gasteiger charge is 2.37. The lowest BCUT2D eigenvalue weighted by Gasteiger charge is -2.35. The van der Waals surface area contributed by atoms with Crippen LogP contribution in [0, 0.1) is 11.3 Å². The lowest BCUT2D eigenvalue weighted by Crippen LogP contribution is -2.43. The van der Waals surface area contributed by atoms with Crippen LogP contribution in [-0.2, 0) is 14.0 Å². The predicted molar refractivity (Wildman–Crippen MR) is 72.5 cm³/mol. The standard InChI is InChI=1S/C11H23BrO3Si/c1-11(2,3)8(7-12)9(10(13)14-4)15-16(5)6/h8-9,16H,7H2,1-6H3/t8?,9-/m0/s1. The van der Waals surface area contributed by atoms with Crippen LogP contribution in [0.25, 0.3) is 0 Å². The van der Waals surface area contributed by atoms with E-state index in [0.29, 0.717) is 0 Å². The van der Waals surface area contributed by atoms with E-state index in [1.165, 1.54) is 7.11 Å². The Balaban J connectivity index is 4.91. The topological polar surface area (TPSA) is 35.5 Å². The first-order chi connectivity index (χ1) is 7.23. The second-order valence-electron chi connectivity index (χ2n) is 5.26. The molecule has 0 spiro atoms. The van der Waals surface area contributed by atoms with Crippen LogP contribution in [-0.4, -0.2) is 33.6 Å². The Bertz CT molecular complexity index is 226. The fourth-order valence-corrected chi connectivity index (χ4v) is 3.69. The molecule has 1 unspecified atom stereocenters. The van der Waals surface area contributed by atoms with E-state index in [9.17, 15) is 4.79 Å². The molecule has 0 aliphatic heterocycles. The summed E-state index contributed by atoms with van der Waals surface area (Å²) in [5.74, 6) is -0.143. The molecule has 0 saturated heterocycles. The van der Waals surface area contributed by atoms with Gasteiger partial charge in [0.05, 0.1) is 7.11 Å². The molecule has 5 heteroatoms. The summed E-state index contributed by atoms with van der Waals surface area (Å²) in [6.07, 6.45) is -0.448. The first-order valence-electron chi connectivity index (χ1n) is 5.53. The zero-order chi connectivity index (χ0) is 12.9. The first-order valence-corrected chi connectivity index (χ1v) is 9.43. The second-order valence-corrected chi connectivity index (χ2v) is 8.27. The largest absolute Gasteiger partial charge is 0.467 e. The van der Waals surface area contributed by atoms with Crippen LogP contribution < -0.4 is 0 Å². The van der Waals surface area contributed by atoms with Crippen molar-refractivity contribution in [2.45, 2.75) is 40.0 Å². The molecule has 3 nitrogen and oxygen atoms in total. The normalized spacial score (nSPS) is 16.0. The predicted octanol–water partition coefficient (Wildman–Crippen LogP) is 2.59. The Labute approximate surface area is 109 Å². The van der Waals surface area contributed by atoms with Crippen molar-refractivity contribution in [3.05, 3.63) is 0 Å². The van der Waals surface area contributed by atoms with Crippen molar-refractivity contribution in [2.24, 2.45) is 11.3 Å². The summed E-state index contributed by atoms with van der Waals surface area (Å²) in [6.45, 7) is 10.5. The van der Waals surface area contributed by atoms with Crippen molar-refractivity contribution >= 4 is 30.9 Å². The molecule has 0 heterocycles. The summed E-state index contributed by atoms with van der Waals surface area (Å²) in [7, 11) is 0.149. The van der Waals surface area contributed by atoms with Crippen molar-refractivity contribution < 1.29 is 14.0 Å². The molecule has 0 aliphatic carbocycles. The van der Waals surface area contributed by atoms with Crippen molar-refractivity contribution in [1.29, 1.82) is 0 Å². The number of esters is 1. The van der Waals surface area contributed by atoms with Gasteiger partial charge in [0.25, 0.3) is 0 Å². The zero-order valence-electron chi connectivity index (χ0n) is 11.0. The number of ether oxygens (including phenoxy) is 1. The molecule has 0 N–H and O–H groups in total. The molecule has 0 aliphatic rings. The fraction of sp³-hybridized carbons (Fsp3) is 0.909. The van der Waals surface area contributed by atoms with E-state index >= 15 is 0 Å². The lowest BCUT2D eigenvalue weighted by atomic mass is 9.78. The minimum atomic E-state index is -1.26. The third kappa shape index (κ3) is 4.97. The van der Waals surface area contributed by atoms with Crippen molar-refractivity contribution in [3.8, 4) is 0 Å². The smallest absolute Gasteiger partial charge is 0.334 e. The lowest BCUT2D eigenvalue weighted by molar-refractivity contribution is -0.153. The highest BCUT2D eigenvalue weighted by atomic mass is 79.9. The van der Waals surface area contributed by atoms with Gasteiger partial charge in [0.15, 0.2) is 9.04 Å². The number of carbonyl (C=O) groups excluding carboxylic acids is 1. The number of methoxy groups -OCH3 is 1. The van der Waals surface area contributed by atoms with E-state index in [0.717, 1.165) is 5.33 Å². The number of hydrogen-bond acceptors (Lipinski definition) is 3. The number of rotatable bonds is 5. The number of carbonyl (C=O) groups is 1.